The molecule has 0 fully saturated rings. The lowest BCUT2D eigenvalue weighted by atomic mass is 9.50. The Morgan fingerprint density at radius 2 is 1.67 bits per heavy atom. The molecule has 33 heavy (non-hydrogen) atoms. The van der Waals surface area contributed by atoms with Gasteiger partial charge >= 0.3 is 0 Å². The fraction of sp³-hybridized carbons (Fsp3) is 0.286. The molecule has 0 radical (unpaired) electrons. The van der Waals surface area contributed by atoms with Crippen LogP contribution in [0.25, 0.3) is 22.0 Å². The molecule has 2 heterocycles. The Labute approximate surface area is 212 Å². The lowest BCUT2D eigenvalue weighted by molar-refractivity contribution is 0.165. The van der Waals surface area contributed by atoms with E-state index in [2.05, 4.69) is 75.2 Å². The quantitative estimate of drug-likeness (QED) is 0.171. The third-order valence-electron chi connectivity index (χ3n) is 5.77. The molecular formula is C28H32BIN2O. The molecule has 2 aromatic heterocycles. The summed E-state index contributed by atoms with van der Waals surface area (Å²) in [6, 6.07) is 25.2. The Balaban J connectivity index is 0.00000149. The van der Waals surface area contributed by atoms with Crippen molar-refractivity contribution in [1.29, 1.82) is 0 Å². The number of halogens is 1. The van der Waals surface area contributed by atoms with E-state index in [-0.39, 0.29) is 0 Å². The molecule has 4 rings (SSSR count). The number of fused-ring (bicyclic) bond motifs is 1. The minimum absolute atomic E-state index is 0.569. The maximum atomic E-state index is 6.27. The number of aromatic nitrogens is 2. The predicted octanol–water partition coefficient (Wildman–Crippen LogP) is 8.39. The molecule has 170 valence electrons. The fourth-order valence-electron chi connectivity index (χ4n) is 4.10. The normalized spacial score (nSPS) is 12.5. The average molecular weight is 550 g/mol. The Morgan fingerprint density at radius 1 is 0.939 bits per heavy atom. The molecule has 0 aliphatic rings. The van der Waals surface area contributed by atoms with Crippen molar-refractivity contribution in [3.63, 3.8) is 0 Å². The smallest absolute Gasteiger partial charge is 0.147 e. The summed E-state index contributed by atoms with van der Waals surface area (Å²) in [5, 5.41) is 1.13. The monoisotopic (exact) mass is 550 g/mol. The van der Waals surface area contributed by atoms with Gasteiger partial charge in [0.2, 0.25) is 0 Å². The van der Waals surface area contributed by atoms with E-state index in [1.165, 1.54) is 11.1 Å². The van der Waals surface area contributed by atoms with Crippen LogP contribution in [-0.4, -0.2) is 16.7 Å². The summed E-state index contributed by atoms with van der Waals surface area (Å²) in [4.78, 5) is 9.51. The van der Waals surface area contributed by atoms with Crippen LogP contribution in [0.2, 0.25) is 20.0 Å². The van der Waals surface area contributed by atoms with Crippen LogP contribution >= 0.6 is 23.0 Å². The highest BCUT2D eigenvalue weighted by atomic mass is 127. The van der Waals surface area contributed by atoms with E-state index < -0.39 is 5.60 Å². The van der Waals surface area contributed by atoms with Crippen LogP contribution < -0.4 is 0 Å². The molecule has 1 unspecified atom stereocenters. The van der Waals surface area contributed by atoms with E-state index in [4.69, 9.17) is 13.0 Å². The summed E-state index contributed by atoms with van der Waals surface area (Å²) in [6.07, 6.45) is 3.74. The number of pyridine rings is 2. The highest BCUT2D eigenvalue weighted by Gasteiger charge is 2.37. The van der Waals surface area contributed by atoms with Gasteiger partial charge in [-0.25, -0.2) is 0 Å². The minimum Gasteiger partial charge on any atom is -0.298 e. The lowest BCUT2D eigenvalue weighted by Crippen LogP contribution is -2.30. The zero-order chi connectivity index (χ0) is 23.8. The van der Waals surface area contributed by atoms with Gasteiger partial charge in [-0.2, -0.15) is 0 Å². The van der Waals surface area contributed by atoms with Gasteiger partial charge in [-0.1, -0.05) is 76.3 Å². The summed E-state index contributed by atoms with van der Waals surface area (Å²) in [7, 11) is 0. The highest BCUT2D eigenvalue weighted by Crippen LogP contribution is 2.41. The van der Waals surface area contributed by atoms with E-state index >= 15 is 0 Å². The molecule has 0 spiro atoms. The van der Waals surface area contributed by atoms with E-state index in [1.54, 1.807) is 0 Å². The van der Waals surface area contributed by atoms with Gasteiger partial charge in [0.25, 0.3) is 0 Å². The number of hydrogen-bond acceptors (Lipinski definition) is 3. The standard InChI is InChI=1S/C26H26BIN2O.C2H6/c1-19-17-22(20-9-5-4-6-10-20)23-18-21(12-13-24(23)30-19)26(31-28,14-15-27(2)3)25-11-7-8-16-29-25;1-2/h4-13,16-18H,14-15H2,1-3H3;1-2H3. The van der Waals surface area contributed by atoms with Gasteiger partial charge in [0.1, 0.15) is 35.3 Å². The summed E-state index contributed by atoms with van der Waals surface area (Å²) in [6.45, 7) is 11.1. The Hall–Kier alpha value is -2.25. The first-order chi connectivity index (χ1) is 16.0. The van der Waals surface area contributed by atoms with E-state index in [0.29, 0.717) is 6.71 Å². The fourth-order valence-corrected chi connectivity index (χ4v) is 4.80. The summed E-state index contributed by atoms with van der Waals surface area (Å²) >= 11 is 2.05. The maximum Gasteiger partial charge on any atom is 0.147 e. The SMILES string of the molecule is CB(C)CCC(OI)(c1ccc2nc(C)cc(-c3ccccc3)c2c1)c1ccccn1.CC. The van der Waals surface area contributed by atoms with Crippen molar-refractivity contribution in [2.75, 3.05) is 0 Å². The second-order valence-corrected chi connectivity index (χ2v) is 8.90. The summed E-state index contributed by atoms with van der Waals surface area (Å²) < 4.78 is 6.27. The first-order valence-corrected chi connectivity index (χ1v) is 12.6. The number of benzene rings is 2. The molecule has 4 aromatic rings. The van der Waals surface area contributed by atoms with E-state index in [1.807, 2.05) is 61.2 Å². The topological polar surface area (TPSA) is 35.0 Å². The third-order valence-corrected chi connectivity index (χ3v) is 6.52. The molecule has 0 aliphatic carbocycles. The Morgan fingerprint density at radius 3 is 2.30 bits per heavy atom. The van der Waals surface area contributed by atoms with Crippen LogP contribution in [0.3, 0.4) is 0 Å². The zero-order valence-electron chi connectivity index (χ0n) is 20.2. The van der Waals surface area contributed by atoms with Crippen molar-refractivity contribution in [3.05, 3.63) is 95.9 Å². The molecule has 0 aliphatic heterocycles. The lowest BCUT2D eigenvalue weighted by Gasteiger charge is -2.32. The second-order valence-electron chi connectivity index (χ2n) is 8.46. The Bertz CT molecular complexity index is 1170. The molecule has 1 atom stereocenters. The molecular weight excluding hydrogens is 518 g/mol. The molecule has 0 saturated carbocycles. The van der Waals surface area contributed by atoms with Gasteiger partial charge < -0.3 is 0 Å². The number of rotatable bonds is 7. The van der Waals surface area contributed by atoms with Crippen molar-refractivity contribution in [2.45, 2.75) is 52.8 Å². The molecule has 0 amide bonds. The first kappa shape index (κ1) is 25.4. The van der Waals surface area contributed by atoms with Crippen LogP contribution in [0.1, 0.15) is 37.2 Å². The highest BCUT2D eigenvalue weighted by molar-refractivity contribution is 14.1. The molecule has 3 nitrogen and oxygen atoms in total. The third kappa shape index (κ3) is 5.64. The van der Waals surface area contributed by atoms with Gasteiger partial charge in [0.05, 0.1) is 11.2 Å². The van der Waals surface area contributed by atoms with Gasteiger partial charge in [-0.3, -0.25) is 13.0 Å². The number of hydrogen-bond donors (Lipinski definition) is 0. The maximum absolute atomic E-state index is 6.27. The van der Waals surface area contributed by atoms with Gasteiger partial charge in [-0.15, -0.1) is 0 Å². The second kappa shape index (κ2) is 11.8. The van der Waals surface area contributed by atoms with Gasteiger partial charge in [-0.05, 0) is 60.4 Å². The predicted molar refractivity (Wildman–Crippen MR) is 150 cm³/mol. The van der Waals surface area contributed by atoms with Crippen LogP contribution in [0.5, 0.6) is 0 Å². The molecule has 0 saturated heterocycles. The van der Waals surface area contributed by atoms with Gasteiger partial charge in [0.15, 0.2) is 0 Å². The Kier molecular flexibility index (Phi) is 9.04. The van der Waals surface area contributed by atoms with Crippen molar-refractivity contribution in [2.24, 2.45) is 0 Å². The molecule has 0 N–H and O–H groups in total. The average Bonchev–Trinajstić information content (AvgIpc) is 2.86. The zero-order valence-corrected chi connectivity index (χ0v) is 22.3. The van der Waals surface area contributed by atoms with Crippen molar-refractivity contribution in [1.82, 2.24) is 9.97 Å². The van der Waals surface area contributed by atoms with Crippen molar-refractivity contribution < 1.29 is 3.07 Å². The molecule has 2 aromatic carbocycles. The van der Waals surface area contributed by atoms with Crippen LogP contribution in [-0.2, 0) is 8.67 Å². The van der Waals surface area contributed by atoms with E-state index in [0.717, 1.165) is 40.6 Å². The minimum atomic E-state index is -0.612. The molecule has 0 bridgehead atoms. The van der Waals surface area contributed by atoms with Crippen LogP contribution in [0.15, 0.2) is 79.0 Å². The van der Waals surface area contributed by atoms with Crippen LogP contribution in [0.4, 0.5) is 0 Å². The molecule has 5 heteroatoms. The van der Waals surface area contributed by atoms with E-state index in [9.17, 15) is 0 Å². The number of aryl methyl sites for hydroxylation is 1. The largest absolute Gasteiger partial charge is 0.298 e. The summed E-state index contributed by atoms with van der Waals surface area (Å²) in [5.74, 6) is 0. The summed E-state index contributed by atoms with van der Waals surface area (Å²) in [5.41, 5.74) is 5.82. The van der Waals surface area contributed by atoms with Crippen molar-refractivity contribution in [3.8, 4) is 11.1 Å². The van der Waals surface area contributed by atoms with Crippen LogP contribution in [0, 0.1) is 6.92 Å². The van der Waals surface area contributed by atoms with Gasteiger partial charge in [0, 0.05) is 17.3 Å². The first-order valence-electron chi connectivity index (χ1n) is 11.7. The number of nitrogens with zero attached hydrogens (tertiary/aromatic N) is 2. The van der Waals surface area contributed by atoms with Crippen molar-refractivity contribution >= 4 is 40.6 Å².